The third-order valence-corrected chi connectivity index (χ3v) is 1.47. The fraction of sp³-hybridized carbons (Fsp3) is 1.00. The maximum Gasteiger partial charge on any atom is 0.180 e. The van der Waals surface area contributed by atoms with Gasteiger partial charge in [-0.2, -0.15) is 0 Å². The molecule has 74 valence electrons. The molecule has 0 bridgehead atoms. The summed E-state index contributed by atoms with van der Waals surface area (Å²) in [5, 5.41) is 51.8. The van der Waals surface area contributed by atoms with Gasteiger partial charge in [0, 0.05) is 6.61 Å². The van der Waals surface area contributed by atoms with E-state index in [0.717, 1.165) is 0 Å². The van der Waals surface area contributed by atoms with Gasteiger partial charge in [0.05, 0.1) is 6.10 Å². The summed E-state index contributed by atoms with van der Waals surface area (Å²) in [4.78, 5) is 0. The Morgan fingerprint density at radius 2 is 1.33 bits per heavy atom. The molecule has 3 atom stereocenters. The van der Waals surface area contributed by atoms with Crippen molar-refractivity contribution in [2.75, 3.05) is 6.61 Å². The van der Waals surface area contributed by atoms with E-state index in [0.29, 0.717) is 0 Å². The topological polar surface area (TPSA) is 121 Å². The number of aliphatic hydroxyl groups excluding tert-OH is 5. The molecule has 0 fully saturated rings. The Kier molecular flexibility index (Phi) is 5.31. The van der Waals surface area contributed by atoms with E-state index in [-0.39, 0.29) is 13.0 Å². The van der Waals surface area contributed by atoms with Crippen LogP contribution in [0.5, 0.6) is 0 Å². The first-order valence-corrected chi connectivity index (χ1v) is 3.52. The summed E-state index contributed by atoms with van der Waals surface area (Å²) in [5.74, 6) is 0. The molecule has 0 radical (unpaired) electrons. The number of rotatable bonds is 5. The molecule has 0 aliphatic rings. The van der Waals surface area contributed by atoms with Gasteiger partial charge in [-0.05, 0) is 6.42 Å². The Labute approximate surface area is 69.3 Å². The van der Waals surface area contributed by atoms with Gasteiger partial charge in [-0.15, -0.1) is 0 Å². The second-order valence-electron chi connectivity index (χ2n) is 2.47. The SMILES string of the molecule is OCC[C@@H](O)C(O)[C@H](O)C(O)O. The van der Waals surface area contributed by atoms with E-state index >= 15 is 0 Å². The molecule has 0 amide bonds. The lowest BCUT2D eigenvalue weighted by molar-refractivity contribution is -0.178. The fourth-order valence-corrected chi connectivity index (χ4v) is 0.707. The minimum absolute atomic E-state index is 0.134. The van der Waals surface area contributed by atoms with E-state index in [1.807, 2.05) is 0 Å². The highest BCUT2D eigenvalue weighted by molar-refractivity contribution is 4.75. The van der Waals surface area contributed by atoms with E-state index in [9.17, 15) is 0 Å². The molecule has 6 heteroatoms. The molecule has 0 aliphatic carbocycles. The normalized spacial score (nSPS) is 19.2. The van der Waals surface area contributed by atoms with Gasteiger partial charge in [-0.25, -0.2) is 0 Å². The largest absolute Gasteiger partial charge is 0.396 e. The molecule has 0 rings (SSSR count). The lowest BCUT2D eigenvalue weighted by atomic mass is 10.1. The smallest absolute Gasteiger partial charge is 0.180 e. The lowest BCUT2D eigenvalue weighted by Crippen LogP contribution is -2.44. The van der Waals surface area contributed by atoms with E-state index in [4.69, 9.17) is 30.6 Å². The molecule has 1 unspecified atom stereocenters. The summed E-state index contributed by atoms with van der Waals surface area (Å²) in [7, 11) is 0. The molecule has 6 N–H and O–H groups in total. The molecule has 0 heterocycles. The van der Waals surface area contributed by atoms with Crippen LogP contribution in [0.3, 0.4) is 0 Å². The molecule has 0 saturated heterocycles. The van der Waals surface area contributed by atoms with E-state index in [2.05, 4.69) is 0 Å². The van der Waals surface area contributed by atoms with Gasteiger partial charge >= 0.3 is 0 Å². The van der Waals surface area contributed by atoms with Crippen molar-refractivity contribution in [3.63, 3.8) is 0 Å². The van der Waals surface area contributed by atoms with E-state index in [1.165, 1.54) is 0 Å². The van der Waals surface area contributed by atoms with Crippen LogP contribution in [-0.2, 0) is 0 Å². The molecular formula is C6H14O6. The Morgan fingerprint density at radius 1 is 0.833 bits per heavy atom. The highest BCUT2D eigenvalue weighted by Crippen LogP contribution is 2.05. The standard InChI is InChI=1S/C6H14O6/c7-2-1-3(8)4(9)5(10)6(11)12/h3-12H,1-2H2/t3-,4?,5+/m1/s1. The van der Waals surface area contributed by atoms with Crippen molar-refractivity contribution in [1.82, 2.24) is 0 Å². The fourth-order valence-electron chi connectivity index (χ4n) is 0.707. The van der Waals surface area contributed by atoms with Gasteiger partial charge in [-0.1, -0.05) is 0 Å². The van der Waals surface area contributed by atoms with Crippen molar-refractivity contribution < 1.29 is 30.6 Å². The molecule has 0 aromatic carbocycles. The van der Waals surface area contributed by atoms with Gasteiger partial charge < -0.3 is 30.6 Å². The summed E-state index contributed by atoms with van der Waals surface area (Å²) < 4.78 is 0. The van der Waals surface area contributed by atoms with Gasteiger partial charge in [-0.3, -0.25) is 0 Å². The lowest BCUT2D eigenvalue weighted by Gasteiger charge is -2.23. The first kappa shape index (κ1) is 11.8. The molecule has 6 nitrogen and oxygen atoms in total. The monoisotopic (exact) mass is 182 g/mol. The molecule has 0 aromatic heterocycles. The average molecular weight is 182 g/mol. The van der Waals surface area contributed by atoms with Gasteiger partial charge in [0.1, 0.15) is 12.2 Å². The van der Waals surface area contributed by atoms with Crippen molar-refractivity contribution in [3.8, 4) is 0 Å². The molecular weight excluding hydrogens is 168 g/mol. The summed E-state index contributed by atoms with van der Waals surface area (Å²) in [6.07, 6.45) is -7.10. The van der Waals surface area contributed by atoms with Crippen LogP contribution < -0.4 is 0 Å². The highest BCUT2D eigenvalue weighted by Gasteiger charge is 2.28. The van der Waals surface area contributed by atoms with E-state index < -0.39 is 24.6 Å². The van der Waals surface area contributed by atoms with Crippen molar-refractivity contribution in [1.29, 1.82) is 0 Å². The van der Waals surface area contributed by atoms with Crippen molar-refractivity contribution in [2.45, 2.75) is 31.0 Å². The quantitative estimate of drug-likeness (QED) is 0.248. The van der Waals surface area contributed by atoms with Crippen LogP contribution in [0.4, 0.5) is 0 Å². The van der Waals surface area contributed by atoms with E-state index in [1.54, 1.807) is 0 Å². The van der Waals surface area contributed by atoms with Gasteiger partial charge in [0.2, 0.25) is 0 Å². The maximum atomic E-state index is 8.96. The van der Waals surface area contributed by atoms with Crippen LogP contribution in [0.25, 0.3) is 0 Å². The zero-order valence-corrected chi connectivity index (χ0v) is 6.41. The average Bonchev–Trinajstić information content (AvgIpc) is 2.02. The zero-order chi connectivity index (χ0) is 9.72. The van der Waals surface area contributed by atoms with Crippen LogP contribution in [0.2, 0.25) is 0 Å². The summed E-state index contributed by atoms with van der Waals surface area (Å²) in [5.41, 5.74) is 0. The predicted octanol–water partition coefficient (Wildman–Crippen LogP) is -3.24. The highest BCUT2D eigenvalue weighted by atomic mass is 16.5. The summed E-state index contributed by atoms with van der Waals surface area (Å²) in [6, 6.07) is 0. The minimum Gasteiger partial charge on any atom is -0.396 e. The molecule has 0 aliphatic heterocycles. The van der Waals surface area contributed by atoms with Crippen LogP contribution in [0, 0.1) is 0 Å². The van der Waals surface area contributed by atoms with Gasteiger partial charge in [0.15, 0.2) is 6.29 Å². The Bertz CT molecular complexity index is 117. The van der Waals surface area contributed by atoms with Gasteiger partial charge in [0.25, 0.3) is 0 Å². The molecule has 0 spiro atoms. The first-order valence-electron chi connectivity index (χ1n) is 3.52. The summed E-state index contributed by atoms with van der Waals surface area (Å²) in [6.45, 7) is -0.355. The maximum absolute atomic E-state index is 8.96. The van der Waals surface area contributed by atoms with Crippen LogP contribution >= 0.6 is 0 Å². The Hall–Kier alpha value is -0.240. The predicted molar refractivity (Wildman–Crippen MR) is 37.9 cm³/mol. The third kappa shape index (κ3) is 3.44. The zero-order valence-electron chi connectivity index (χ0n) is 6.41. The third-order valence-electron chi connectivity index (χ3n) is 1.47. The van der Waals surface area contributed by atoms with Crippen LogP contribution in [-0.4, -0.2) is 61.8 Å². The molecule has 12 heavy (non-hydrogen) atoms. The van der Waals surface area contributed by atoms with Crippen LogP contribution in [0.15, 0.2) is 0 Å². The van der Waals surface area contributed by atoms with Crippen molar-refractivity contribution in [3.05, 3.63) is 0 Å². The molecule has 0 saturated carbocycles. The van der Waals surface area contributed by atoms with Crippen LogP contribution in [0.1, 0.15) is 6.42 Å². The molecule has 0 aromatic rings. The summed E-state index contributed by atoms with van der Waals surface area (Å²) >= 11 is 0. The van der Waals surface area contributed by atoms with Crippen molar-refractivity contribution >= 4 is 0 Å². The second-order valence-corrected chi connectivity index (χ2v) is 2.47. The number of aliphatic hydroxyl groups is 6. The first-order chi connectivity index (χ1) is 5.50. The Balaban J connectivity index is 3.90. The second kappa shape index (κ2) is 5.41. The minimum atomic E-state index is -2.10. The number of hydrogen-bond donors (Lipinski definition) is 6. The van der Waals surface area contributed by atoms with Crippen molar-refractivity contribution in [2.24, 2.45) is 0 Å². The number of hydrogen-bond acceptors (Lipinski definition) is 6. The Morgan fingerprint density at radius 3 is 1.67 bits per heavy atom.